The van der Waals surface area contributed by atoms with Gasteiger partial charge < -0.3 is 29.8 Å². The van der Waals surface area contributed by atoms with Crippen LogP contribution in [0.2, 0.25) is 0 Å². The van der Waals surface area contributed by atoms with E-state index in [9.17, 15) is 19.2 Å². The van der Waals surface area contributed by atoms with Gasteiger partial charge in [-0.1, -0.05) is 11.8 Å². The van der Waals surface area contributed by atoms with Gasteiger partial charge >= 0.3 is 18.0 Å². The maximum absolute atomic E-state index is 13.7. The number of thioether (sulfide) groups is 2. The summed E-state index contributed by atoms with van der Waals surface area (Å²) in [5.41, 5.74) is -2.22. The lowest BCUT2D eigenvalue weighted by molar-refractivity contribution is -0.156. The van der Waals surface area contributed by atoms with Gasteiger partial charge in [0.15, 0.2) is 5.16 Å². The number of alkyl carbamates (subject to hydrolysis) is 1. The van der Waals surface area contributed by atoms with Gasteiger partial charge in [-0.05, 0) is 65.4 Å². The van der Waals surface area contributed by atoms with E-state index in [-0.39, 0.29) is 30.8 Å². The van der Waals surface area contributed by atoms with E-state index in [4.69, 9.17) is 14.2 Å². The predicted molar refractivity (Wildman–Crippen MR) is 141 cm³/mol. The topological polar surface area (TPSA) is 162 Å². The van der Waals surface area contributed by atoms with Gasteiger partial charge in [0.05, 0.1) is 19.1 Å². The molecule has 2 saturated carbocycles. The van der Waals surface area contributed by atoms with Crippen molar-refractivity contribution in [2.45, 2.75) is 75.0 Å². The van der Waals surface area contributed by atoms with Crippen LogP contribution < -0.4 is 10.6 Å². The molecule has 38 heavy (non-hydrogen) atoms. The fraction of sp³-hybridized carbons (Fsp3) is 0.750. The largest absolute Gasteiger partial charge is 0.466 e. The number of carbonyl (C=O) groups is 4. The van der Waals surface area contributed by atoms with Gasteiger partial charge in [-0.3, -0.25) is 9.59 Å². The fourth-order valence-electron chi connectivity index (χ4n) is 5.01. The second kappa shape index (κ2) is 12.6. The summed E-state index contributed by atoms with van der Waals surface area (Å²) in [5, 5.41) is 13.7. The molecule has 6 atom stereocenters. The summed E-state index contributed by atoms with van der Waals surface area (Å²) in [6.07, 6.45) is 3.14. The van der Waals surface area contributed by atoms with Gasteiger partial charge in [-0.25, -0.2) is 9.59 Å². The quantitative estimate of drug-likeness (QED) is 0.249. The number of hydrogen-bond acceptors (Lipinski definition) is 11. The van der Waals surface area contributed by atoms with E-state index in [0.717, 1.165) is 0 Å². The van der Waals surface area contributed by atoms with Crippen LogP contribution in [0.3, 0.4) is 0 Å². The Bertz CT molecular complexity index is 1000. The van der Waals surface area contributed by atoms with Crippen molar-refractivity contribution < 1.29 is 33.4 Å². The smallest absolute Gasteiger partial charge is 0.408 e. The Kier molecular flexibility index (Phi) is 9.96. The van der Waals surface area contributed by atoms with Gasteiger partial charge in [0, 0.05) is 11.2 Å². The van der Waals surface area contributed by atoms with Crippen molar-refractivity contribution in [1.82, 2.24) is 25.8 Å². The molecule has 0 radical (unpaired) electrons. The van der Waals surface area contributed by atoms with Crippen molar-refractivity contribution in [3.63, 3.8) is 0 Å². The lowest BCUT2D eigenvalue weighted by Crippen LogP contribution is -2.61. The first kappa shape index (κ1) is 30.1. The molecule has 2 fully saturated rings. The first-order valence-corrected chi connectivity index (χ1v) is 14.9. The van der Waals surface area contributed by atoms with E-state index in [0.29, 0.717) is 17.3 Å². The molecular weight excluding hydrogens is 534 g/mol. The maximum Gasteiger partial charge on any atom is 0.408 e. The molecule has 0 saturated heterocycles. The normalized spacial score (nSPS) is 26.6. The lowest BCUT2D eigenvalue weighted by atomic mass is 9.89. The number of rotatable bonds is 12. The summed E-state index contributed by atoms with van der Waals surface area (Å²) in [7, 11) is 0. The lowest BCUT2D eigenvalue weighted by Gasteiger charge is -2.33. The SMILES string of the molecule is CCOC(=O)[C@H]1[C@H]2[C@@H]1[C@](NC(=O)[C@H](CCSC)NC(=O)OC(C)(C)C)(C(=O)OCC)C[C@H]2Sc1nnc[nH]1. The molecule has 2 amide bonds. The standard InChI is InChI=1S/C24H37N5O7S2/c1-7-34-19(31)16-15-14(38-21-25-12-26-29-21)11-24(17(15)16,20(32)35-8-2)28-18(30)13(9-10-37-6)27-22(33)36-23(3,4)5/h12-17H,7-11H2,1-6H3,(H,27,33)(H,28,30)(H,25,26,29)/t13-,14+,15-,16-,17-,24-/m0/s1. The van der Waals surface area contributed by atoms with Crippen LogP contribution in [0.5, 0.6) is 0 Å². The Hall–Kier alpha value is -2.48. The molecule has 1 aromatic heterocycles. The van der Waals surface area contributed by atoms with Crippen LogP contribution in [-0.4, -0.2) is 86.8 Å². The van der Waals surface area contributed by atoms with E-state index in [1.165, 1.54) is 29.9 Å². The highest BCUT2D eigenvalue weighted by Gasteiger charge is 2.76. The molecule has 12 nitrogen and oxygen atoms in total. The maximum atomic E-state index is 13.7. The molecule has 0 aromatic carbocycles. The molecule has 0 bridgehead atoms. The molecule has 3 rings (SSSR count). The first-order valence-electron chi connectivity index (χ1n) is 12.6. The zero-order valence-electron chi connectivity index (χ0n) is 22.6. The molecule has 2 aliphatic carbocycles. The zero-order valence-corrected chi connectivity index (χ0v) is 24.2. The fourth-order valence-corrected chi connectivity index (χ4v) is 6.82. The van der Waals surface area contributed by atoms with Crippen molar-refractivity contribution in [3.8, 4) is 0 Å². The van der Waals surface area contributed by atoms with Crippen LogP contribution in [-0.2, 0) is 28.6 Å². The number of aromatic nitrogens is 3. The summed E-state index contributed by atoms with van der Waals surface area (Å²) in [6, 6.07) is -0.956. The summed E-state index contributed by atoms with van der Waals surface area (Å²) in [4.78, 5) is 55.5. The number of esters is 2. The van der Waals surface area contributed by atoms with Gasteiger partial charge in [0.1, 0.15) is 23.5 Å². The Morgan fingerprint density at radius 2 is 1.92 bits per heavy atom. The van der Waals surface area contributed by atoms with Crippen LogP contribution in [0.4, 0.5) is 4.79 Å². The monoisotopic (exact) mass is 571 g/mol. The number of nitrogens with zero attached hydrogens (tertiary/aromatic N) is 2. The second-order valence-electron chi connectivity index (χ2n) is 10.2. The molecule has 1 aromatic rings. The van der Waals surface area contributed by atoms with E-state index in [2.05, 4.69) is 25.8 Å². The Morgan fingerprint density at radius 1 is 1.21 bits per heavy atom. The number of ether oxygens (including phenoxy) is 3. The highest BCUT2D eigenvalue weighted by molar-refractivity contribution is 7.99. The third kappa shape index (κ3) is 6.93. The van der Waals surface area contributed by atoms with E-state index >= 15 is 0 Å². The van der Waals surface area contributed by atoms with Crippen molar-refractivity contribution >= 4 is 47.5 Å². The Labute approximate surface area is 230 Å². The number of aromatic amines is 1. The third-order valence-corrected chi connectivity index (χ3v) is 8.27. The number of carbonyl (C=O) groups excluding carboxylic acids is 4. The van der Waals surface area contributed by atoms with Crippen LogP contribution in [0.25, 0.3) is 0 Å². The van der Waals surface area contributed by atoms with Crippen LogP contribution >= 0.6 is 23.5 Å². The van der Waals surface area contributed by atoms with Gasteiger partial charge in [0.2, 0.25) is 5.91 Å². The third-order valence-electron chi connectivity index (χ3n) is 6.42. The van der Waals surface area contributed by atoms with Gasteiger partial charge in [-0.15, -0.1) is 10.2 Å². The number of H-pyrrole nitrogens is 1. The van der Waals surface area contributed by atoms with E-state index < -0.39 is 53.0 Å². The molecular formula is C24H37N5O7S2. The van der Waals surface area contributed by atoms with Crippen molar-refractivity contribution in [2.24, 2.45) is 17.8 Å². The highest BCUT2D eigenvalue weighted by atomic mass is 32.2. The van der Waals surface area contributed by atoms with Gasteiger partial charge in [-0.2, -0.15) is 11.8 Å². The molecule has 1 heterocycles. The minimum absolute atomic E-state index is 0.101. The summed E-state index contributed by atoms with van der Waals surface area (Å²) in [5.74, 6) is -2.34. The minimum atomic E-state index is -1.47. The molecule has 0 aliphatic heterocycles. The van der Waals surface area contributed by atoms with Gasteiger partial charge in [0.25, 0.3) is 0 Å². The van der Waals surface area contributed by atoms with E-state index in [1.807, 2.05) is 6.26 Å². The Morgan fingerprint density at radius 3 is 2.50 bits per heavy atom. The van der Waals surface area contributed by atoms with Crippen molar-refractivity contribution in [1.29, 1.82) is 0 Å². The molecule has 0 spiro atoms. The molecule has 212 valence electrons. The second-order valence-corrected chi connectivity index (χ2v) is 12.4. The molecule has 3 N–H and O–H groups in total. The van der Waals surface area contributed by atoms with Crippen molar-refractivity contribution in [3.05, 3.63) is 6.33 Å². The number of nitrogens with one attached hydrogen (secondary N) is 3. The summed E-state index contributed by atoms with van der Waals surface area (Å²) >= 11 is 2.88. The Balaban J connectivity index is 1.90. The first-order chi connectivity index (χ1) is 18.0. The molecule has 0 unspecified atom stereocenters. The minimum Gasteiger partial charge on any atom is -0.466 e. The predicted octanol–water partition coefficient (Wildman–Crippen LogP) is 2.16. The summed E-state index contributed by atoms with van der Waals surface area (Å²) < 4.78 is 16.1. The van der Waals surface area contributed by atoms with Crippen LogP contribution in [0.1, 0.15) is 47.5 Å². The number of fused-ring (bicyclic) bond motifs is 1. The van der Waals surface area contributed by atoms with E-state index in [1.54, 1.807) is 34.6 Å². The highest BCUT2D eigenvalue weighted by Crippen LogP contribution is 2.66. The number of hydrogen-bond donors (Lipinski definition) is 3. The average molecular weight is 572 g/mol. The molecule has 14 heteroatoms. The zero-order chi connectivity index (χ0) is 28.1. The average Bonchev–Trinajstić information content (AvgIpc) is 3.22. The molecule has 2 aliphatic rings. The summed E-state index contributed by atoms with van der Waals surface area (Å²) in [6.45, 7) is 8.89. The van der Waals surface area contributed by atoms with Crippen molar-refractivity contribution in [2.75, 3.05) is 25.2 Å². The van der Waals surface area contributed by atoms with Crippen LogP contribution in [0.15, 0.2) is 11.5 Å². The van der Waals surface area contributed by atoms with Crippen LogP contribution in [0, 0.1) is 17.8 Å². The number of amides is 2.